The molecule has 0 aromatic carbocycles. The zero-order valence-electron chi connectivity index (χ0n) is 8.08. The SMILES string of the molecule is Cc1sccc1C(=O)C1(N)CCOC1. The summed E-state index contributed by atoms with van der Waals surface area (Å²) < 4.78 is 5.18. The lowest BCUT2D eigenvalue weighted by Crippen LogP contribution is -2.48. The van der Waals surface area contributed by atoms with Crippen LogP contribution in [0.5, 0.6) is 0 Å². The van der Waals surface area contributed by atoms with Crippen molar-refractivity contribution in [2.75, 3.05) is 13.2 Å². The van der Waals surface area contributed by atoms with E-state index in [4.69, 9.17) is 10.5 Å². The highest BCUT2D eigenvalue weighted by molar-refractivity contribution is 7.10. The molecule has 1 aliphatic heterocycles. The first-order valence-electron chi connectivity index (χ1n) is 4.59. The molecule has 1 fully saturated rings. The summed E-state index contributed by atoms with van der Waals surface area (Å²) >= 11 is 1.57. The number of rotatable bonds is 2. The number of nitrogens with two attached hydrogens (primary N) is 1. The van der Waals surface area contributed by atoms with Gasteiger partial charge in [-0.15, -0.1) is 11.3 Å². The molecule has 0 saturated carbocycles. The molecule has 4 heteroatoms. The van der Waals surface area contributed by atoms with Crippen molar-refractivity contribution in [3.8, 4) is 0 Å². The van der Waals surface area contributed by atoms with Gasteiger partial charge in [0.05, 0.1) is 6.61 Å². The molecule has 3 nitrogen and oxygen atoms in total. The van der Waals surface area contributed by atoms with Crippen LogP contribution in [0, 0.1) is 6.92 Å². The zero-order valence-corrected chi connectivity index (χ0v) is 8.89. The summed E-state index contributed by atoms with van der Waals surface area (Å²) in [5, 5.41) is 1.92. The van der Waals surface area contributed by atoms with E-state index >= 15 is 0 Å². The molecule has 0 bridgehead atoms. The monoisotopic (exact) mass is 211 g/mol. The molecule has 0 spiro atoms. The van der Waals surface area contributed by atoms with Crippen LogP contribution >= 0.6 is 11.3 Å². The highest BCUT2D eigenvalue weighted by atomic mass is 32.1. The summed E-state index contributed by atoms with van der Waals surface area (Å²) in [7, 11) is 0. The molecule has 1 saturated heterocycles. The molecule has 14 heavy (non-hydrogen) atoms. The molecule has 1 aromatic rings. The number of hydrogen-bond donors (Lipinski definition) is 1. The Kier molecular flexibility index (Phi) is 2.43. The van der Waals surface area contributed by atoms with E-state index in [1.54, 1.807) is 11.3 Å². The molecule has 1 aliphatic rings. The molecule has 2 N–H and O–H groups in total. The summed E-state index contributed by atoms with van der Waals surface area (Å²) in [6, 6.07) is 1.84. The predicted molar refractivity (Wildman–Crippen MR) is 55.7 cm³/mol. The number of ether oxygens (including phenoxy) is 1. The van der Waals surface area contributed by atoms with Gasteiger partial charge in [-0.3, -0.25) is 4.79 Å². The van der Waals surface area contributed by atoms with E-state index in [0.29, 0.717) is 19.6 Å². The van der Waals surface area contributed by atoms with Gasteiger partial charge in [0.1, 0.15) is 5.54 Å². The summed E-state index contributed by atoms with van der Waals surface area (Å²) in [5.41, 5.74) is 5.96. The summed E-state index contributed by atoms with van der Waals surface area (Å²) in [4.78, 5) is 13.1. The van der Waals surface area contributed by atoms with Crippen molar-refractivity contribution in [3.63, 3.8) is 0 Å². The normalized spacial score (nSPS) is 26.7. The van der Waals surface area contributed by atoms with Crippen LogP contribution in [-0.4, -0.2) is 24.5 Å². The van der Waals surface area contributed by atoms with Crippen molar-refractivity contribution in [1.82, 2.24) is 0 Å². The van der Waals surface area contributed by atoms with Gasteiger partial charge >= 0.3 is 0 Å². The molecule has 76 valence electrons. The van der Waals surface area contributed by atoms with Gasteiger partial charge in [-0.2, -0.15) is 0 Å². The minimum atomic E-state index is -0.786. The standard InChI is InChI=1S/C10H13NO2S/c1-7-8(2-5-14-7)9(12)10(11)3-4-13-6-10/h2,5H,3-4,6,11H2,1H3. The fraction of sp³-hybridized carbons (Fsp3) is 0.500. The Morgan fingerprint density at radius 2 is 2.50 bits per heavy atom. The van der Waals surface area contributed by atoms with Crippen molar-refractivity contribution < 1.29 is 9.53 Å². The number of thiophene rings is 1. The van der Waals surface area contributed by atoms with Gasteiger partial charge in [-0.25, -0.2) is 0 Å². The maximum absolute atomic E-state index is 12.1. The van der Waals surface area contributed by atoms with Gasteiger partial charge < -0.3 is 10.5 Å². The van der Waals surface area contributed by atoms with Crippen LogP contribution in [0.4, 0.5) is 0 Å². The lowest BCUT2D eigenvalue weighted by Gasteiger charge is -2.19. The van der Waals surface area contributed by atoms with Gasteiger partial charge in [0, 0.05) is 17.0 Å². The zero-order chi connectivity index (χ0) is 10.2. The molecule has 0 radical (unpaired) electrons. The van der Waals surface area contributed by atoms with Gasteiger partial charge in [-0.1, -0.05) is 0 Å². The Labute approximate surface area is 86.9 Å². The van der Waals surface area contributed by atoms with Crippen LogP contribution in [0.15, 0.2) is 11.4 Å². The second kappa shape index (κ2) is 3.46. The smallest absolute Gasteiger partial charge is 0.186 e. The molecule has 1 aromatic heterocycles. The van der Waals surface area contributed by atoms with E-state index in [9.17, 15) is 4.79 Å². The minimum Gasteiger partial charge on any atom is -0.379 e. The van der Waals surface area contributed by atoms with Crippen LogP contribution in [0.3, 0.4) is 0 Å². The van der Waals surface area contributed by atoms with Gasteiger partial charge in [-0.05, 0) is 24.8 Å². The molecule has 0 amide bonds. The maximum atomic E-state index is 12.1. The third-order valence-electron chi connectivity index (χ3n) is 2.61. The van der Waals surface area contributed by atoms with Crippen LogP contribution in [0.1, 0.15) is 21.7 Å². The fourth-order valence-corrected chi connectivity index (χ4v) is 2.34. The third kappa shape index (κ3) is 1.49. The Morgan fingerprint density at radius 1 is 1.71 bits per heavy atom. The Morgan fingerprint density at radius 3 is 3.00 bits per heavy atom. The van der Waals surface area contributed by atoms with Crippen molar-refractivity contribution in [3.05, 3.63) is 21.9 Å². The van der Waals surface area contributed by atoms with E-state index in [2.05, 4.69) is 0 Å². The van der Waals surface area contributed by atoms with E-state index in [1.807, 2.05) is 18.4 Å². The highest BCUT2D eigenvalue weighted by Gasteiger charge is 2.39. The first-order valence-corrected chi connectivity index (χ1v) is 5.47. The topological polar surface area (TPSA) is 52.3 Å². The van der Waals surface area contributed by atoms with Crippen molar-refractivity contribution in [1.29, 1.82) is 0 Å². The number of carbonyl (C=O) groups is 1. The van der Waals surface area contributed by atoms with Crippen LogP contribution in [0.25, 0.3) is 0 Å². The average Bonchev–Trinajstić information content (AvgIpc) is 2.74. The van der Waals surface area contributed by atoms with E-state index in [-0.39, 0.29) is 5.78 Å². The molecule has 1 unspecified atom stereocenters. The van der Waals surface area contributed by atoms with Crippen molar-refractivity contribution >= 4 is 17.1 Å². The van der Waals surface area contributed by atoms with Gasteiger partial charge in [0.2, 0.25) is 0 Å². The molecule has 2 heterocycles. The lowest BCUT2D eigenvalue weighted by atomic mass is 9.90. The number of Topliss-reactive ketones (excluding diaryl/α,β-unsaturated/α-hetero) is 1. The molecule has 0 aliphatic carbocycles. The summed E-state index contributed by atoms with van der Waals surface area (Å²) in [5.74, 6) is 0.0220. The Hall–Kier alpha value is -0.710. The van der Waals surface area contributed by atoms with E-state index < -0.39 is 5.54 Å². The van der Waals surface area contributed by atoms with Gasteiger partial charge in [0.25, 0.3) is 0 Å². The van der Waals surface area contributed by atoms with Crippen molar-refractivity contribution in [2.45, 2.75) is 18.9 Å². The largest absolute Gasteiger partial charge is 0.379 e. The number of hydrogen-bond acceptors (Lipinski definition) is 4. The number of ketones is 1. The second-order valence-corrected chi connectivity index (χ2v) is 4.80. The lowest BCUT2D eigenvalue weighted by molar-refractivity contribution is 0.0863. The third-order valence-corrected chi connectivity index (χ3v) is 3.45. The minimum absolute atomic E-state index is 0.0220. The second-order valence-electron chi connectivity index (χ2n) is 3.68. The quantitative estimate of drug-likeness (QED) is 0.751. The Balaban J connectivity index is 2.28. The average molecular weight is 211 g/mol. The molecular formula is C10H13NO2S. The Bertz CT molecular complexity index is 353. The highest BCUT2D eigenvalue weighted by Crippen LogP contribution is 2.25. The fourth-order valence-electron chi connectivity index (χ4n) is 1.65. The summed E-state index contributed by atoms with van der Waals surface area (Å²) in [6.45, 7) is 2.88. The summed E-state index contributed by atoms with van der Waals surface area (Å²) in [6.07, 6.45) is 0.626. The first-order chi connectivity index (χ1) is 6.63. The van der Waals surface area contributed by atoms with Crippen molar-refractivity contribution in [2.24, 2.45) is 5.73 Å². The predicted octanol–water partition coefficient (Wildman–Crippen LogP) is 1.36. The molecule has 1 atom stereocenters. The van der Waals surface area contributed by atoms with Crippen LogP contribution < -0.4 is 5.73 Å². The number of aryl methyl sites for hydroxylation is 1. The first kappa shape index (κ1) is 9.83. The maximum Gasteiger partial charge on any atom is 0.186 e. The van der Waals surface area contributed by atoms with Crippen LogP contribution in [0.2, 0.25) is 0 Å². The van der Waals surface area contributed by atoms with Gasteiger partial charge in [0.15, 0.2) is 5.78 Å². The van der Waals surface area contributed by atoms with E-state index in [0.717, 1.165) is 10.4 Å². The molecule has 2 rings (SSSR count). The van der Waals surface area contributed by atoms with Crippen LogP contribution in [-0.2, 0) is 4.74 Å². The van der Waals surface area contributed by atoms with E-state index in [1.165, 1.54) is 0 Å². The molecular weight excluding hydrogens is 198 g/mol. The number of carbonyl (C=O) groups excluding carboxylic acids is 1.